The quantitative estimate of drug-likeness (QED) is 0.599. The first-order valence-corrected chi connectivity index (χ1v) is 5.14. The van der Waals surface area contributed by atoms with E-state index in [1.807, 2.05) is 4.90 Å². The fourth-order valence-corrected chi connectivity index (χ4v) is 1.60. The van der Waals surface area contributed by atoms with Gasteiger partial charge in [-0.1, -0.05) is 0 Å². The van der Waals surface area contributed by atoms with E-state index in [2.05, 4.69) is 11.0 Å². The average molecular weight is 211 g/mol. The third kappa shape index (κ3) is 3.86. The van der Waals surface area contributed by atoms with Gasteiger partial charge in [-0.05, 0) is 0 Å². The van der Waals surface area contributed by atoms with E-state index in [1.54, 1.807) is 7.11 Å². The minimum absolute atomic E-state index is 0.147. The third-order valence-corrected chi connectivity index (χ3v) is 2.54. The van der Waals surface area contributed by atoms with E-state index in [1.165, 1.54) is 0 Å². The smallest absolute Gasteiger partial charge is 0.224 e. The number of carbonyl (C=O) groups excluding carboxylic acids is 1. The first-order chi connectivity index (χ1) is 7.27. The van der Waals surface area contributed by atoms with Crippen LogP contribution in [0.3, 0.4) is 0 Å². The molecule has 1 saturated heterocycles. The number of methoxy groups -OCH3 is 1. The molecule has 0 radical (unpaired) electrons. The maximum atomic E-state index is 11.6. The van der Waals surface area contributed by atoms with Gasteiger partial charge in [0.25, 0.3) is 0 Å². The molecular weight excluding hydrogens is 194 g/mol. The number of carbonyl (C=O) groups is 1. The Hall–Kier alpha value is -1.12. The van der Waals surface area contributed by atoms with Crippen molar-refractivity contribution < 1.29 is 9.53 Å². The summed E-state index contributed by atoms with van der Waals surface area (Å²) in [4.78, 5) is 15.5. The van der Waals surface area contributed by atoms with E-state index >= 15 is 0 Å². The molecule has 0 bridgehead atoms. The number of hydrogen-bond acceptors (Lipinski definition) is 4. The summed E-state index contributed by atoms with van der Waals surface area (Å²) in [7, 11) is 1.60. The second kappa shape index (κ2) is 6.38. The van der Waals surface area contributed by atoms with Crippen molar-refractivity contribution in [2.75, 3.05) is 46.4 Å². The third-order valence-electron chi connectivity index (χ3n) is 2.54. The van der Waals surface area contributed by atoms with Gasteiger partial charge in [0.15, 0.2) is 0 Å². The van der Waals surface area contributed by atoms with Crippen LogP contribution in [0.2, 0.25) is 0 Å². The van der Waals surface area contributed by atoms with Gasteiger partial charge in [0.05, 0.1) is 25.6 Å². The molecule has 0 unspecified atom stereocenters. The predicted octanol–water partition coefficient (Wildman–Crippen LogP) is -0.309. The van der Waals surface area contributed by atoms with Gasteiger partial charge in [-0.2, -0.15) is 5.26 Å². The highest BCUT2D eigenvalue weighted by Gasteiger charge is 2.19. The number of rotatable bonds is 4. The van der Waals surface area contributed by atoms with E-state index in [4.69, 9.17) is 10.00 Å². The molecule has 1 rings (SSSR count). The van der Waals surface area contributed by atoms with Crippen LogP contribution >= 0.6 is 0 Å². The Morgan fingerprint density at radius 2 is 2.07 bits per heavy atom. The molecule has 84 valence electrons. The highest BCUT2D eigenvalue weighted by molar-refractivity contribution is 5.76. The van der Waals surface area contributed by atoms with Crippen LogP contribution in [0.25, 0.3) is 0 Å². The van der Waals surface area contributed by atoms with Crippen molar-refractivity contribution in [1.29, 1.82) is 5.26 Å². The zero-order valence-electron chi connectivity index (χ0n) is 9.11. The Morgan fingerprint density at radius 1 is 1.40 bits per heavy atom. The van der Waals surface area contributed by atoms with Gasteiger partial charge in [-0.3, -0.25) is 9.69 Å². The molecule has 0 N–H and O–H groups in total. The number of hydrogen-bond donors (Lipinski definition) is 0. The van der Waals surface area contributed by atoms with Gasteiger partial charge in [0.2, 0.25) is 5.91 Å². The Morgan fingerprint density at radius 3 is 2.60 bits per heavy atom. The minimum Gasteiger partial charge on any atom is -0.384 e. The van der Waals surface area contributed by atoms with Crippen molar-refractivity contribution in [2.45, 2.75) is 6.42 Å². The predicted molar refractivity (Wildman–Crippen MR) is 55.1 cm³/mol. The lowest BCUT2D eigenvalue weighted by Crippen LogP contribution is -2.48. The second-order valence-electron chi connectivity index (χ2n) is 3.56. The second-order valence-corrected chi connectivity index (χ2v) is 3.56. The standard InChI is InChI=1S/C10H17N3O2/c1-15-9-2-10(14)13-7-5-12(4-3-11)6-8-13/h2,4-9H2,1H3. The van der Waals surface area contributed by atoms with Crippen LogP contribution in [0.5, 0.6) is 0 Å². The molecule has 1 fully saturated rings. The summed E-state index contributed by atoms with van der Waals surface area (Å²) in [6.45, 7) is 3.99. The molecule has 5 nitrogen and oxygen atoms in total. The van der Waals surface area contributed by atoms with Crippen LogP contribution < -0.4 is 0 Å². The lowest BCUT2D eigenvalue weighted by molar-refractivity contribution is -0.133. The highest BCUT2D eigenvalue weighted by Crippen LogP contribution is 2.03. The van der Waals surface area contributed by atoms with Crippen molar-refractivity contribution in [3.05, 3.63) is 0 Å². The van der Waals surface area contributed by atoms with Gasteiger partial charge >= 0.3 is 0 Å². The first-order valence-electron chi connectivity index (χ1n) is 5.14. The summed E-state index contributed by atoms with van der Waals surface area (Å²) in [6, 6.07) is 2.12. The van der Waals surface area contributed by atoms with Crippen LogP contribution in [-0.2, 0) is 9.53 Å². The SMILES string of the molecule is COCCC(=O)N1CCN(CC#N)CC1. The van der Waals surface area contributed by atoms with Crippen LogP contribution in [0.15, 0.2) is 0 Å². The van der Waals surface area contributed by atoms with Crippen molar-refractivity contribution in [3.63, 3.8) is 0 Å². The maximum Gasteiger partial charge on any atom is 0.224 e. The maximum absolute atomic E-state index is 11.6. The normalized spacial score (nSPS) is 17.5. The van der Waals surface area contributed by atoms with Gasteiger partial charge in [0, 0.05) is 33.3 Å². The largest absolute Gasteiger partial charge is 0.384 e. The molecule has 5 heteroatoms. The summed E-state index contributed by atoms with van der Waals surface area (Å²) < 4.78 is 4.86. The number of nitrogens with zero attached hydrogens (tertiary/aromatic N) is 3. The van der Waals surface area contributed by atoms with Crippen LogP contribution in [0, 0.1) is 11.3 Å². The summed E-state index contributed by atoms with van der Waals surface area (Å²) in [5.41, 5.74) is 0. The molecule has 0 atom stereocenters. The van der Waals surface area contributed by atoms with E-state index in [-0.39, 0.29) is 5.91 Å². The van der Waals surface area contributed by atoms with Gasteiger partial charge < -0.3 is 9.64 Å². The summed E-state index contributed by atoms with van der Waals surface area (Å²) in [6.07, 6.45) is 0.453. The Kier molecular flexibility index (Phi) is 5.08. The van der Waals surface area contributed by atoms with Crippen molar-refractivity contribution >= 4 is 5.91 Å². The summed E-state index contributed by atoms with van der Waals surface area (Å²) >= 11 is 0. The lowest BCUT2D eigenvalue weighted by atomic mass is 10.3. The van der Waals surface area contributed by atoms with Crippen LogP contribution in [0.1, 0.15) is 6.42 Å². The molecule has 1 heterocycles. The molecule has 0 aromatic carbocycles. The van der Waals surface area contributed by atoms with E-state index in [9.17, 15) is 4.79 Å². The monoisotopic (exact) mass is 211 g/mol. The number of nitriles is 1. The zero-order chi connectivity index (χ0) is 11.1. The Labute approximate surface area is 90.2 Å². The highest BCUT2D eigenvalue weighted by atomic mass is 16.5. The molecular formula is C10H17N3O2. The summed E-state index contributed by atoms with van der Waals surface area (Å²) in [5.74, 6) is 0.147. The molecule has 1 aliphatic rings. The molecule has 0 aliphatic carbocycles. The number of ether oxygens (including phenoxy) is 1. The average Bonchev–Trinajstić information content (AvgIpc) is 2.27. The zero-order valence-corrected chi connectivity index (χ0v) is 9.11. The fraction of sp³-hybridized carbons (Fsp3) is 0.800. The molecule has 1 amide bonds. The molecule has 1 aliphatic heterocycles. The Bertz CT molecular complexity index is 242. The van der Waals surface area contributed by atoms with Crippen LogP contribution in [0.4, 0.5) is 0 Å². The van der Waals surface area contributed by atoms with Crippen molar-refractivity contribution in [2.24, 2.45) is 0 Å². The van der Waals surface area contributed by atoms with Crippen molar-refractivity contribution in [1.82, 2.24) is 9.80 Å². The number of piperazine rings is 1. The van der Waals surface area contributed by atoms with Crippen LogP contribution in [-0.4, -0.2) is 62.1 Å². The summed E-state index contributed by atoms with van der Waals surface area (Å²) in [5, 5.41) is 8.52. The Balaban J connectivity index is 2.25. The van der Waals surface area contributed by atoms with E-state index in [0.717, 1.165) is 26.2 Å². The van der Waals surface area contributed by atoms with Gasteiger partial charge in [-0.15, -0.1) is 0 Å². The fourth-order valence-electron chi connectivity index (χ4n) is 1.60. The minimum atomic E-state index is 0.147. The molecule has 15 heavy (non-hydrogen) atoms. The van der Waals surface area contributed by atoms with Gasteiger partial charge in [-0.25, -0.2) is 0 Å². The van der Waals surface area contributed by atoms with E-state index < -0.39 is 0 Å². The molecule has 0 aromatic rings. The molecule has 0 spiro atoms. The topological polar surface area (TPSA) is 56.6 Å². The number of amides is 1. The molecule has 0 aromatic heterocycles. The van der Waals surface area contributed by atoms with Gasteiger partial charge in [0.1, 0.15) is 0 Å². The van der Waals surface area contributed by atoms with Crippen molar-refractivity contribution in [3.8, 4) is 6.07 Å². The lowest BCUT2D eigenvalue weighted by Gasteiger charge is -2.33. The van der Waals surface area contributed by atoms with E-state index in [0.29, 0.717) is 19.6 Å². The molecule has 0 saturated carbocycles. The first kappa shape index (κ1) is 12.0.